The lowest BCUT2D eigenvalue weighted by atomic mass is 9.47. The molecule has 5 rings (SSSR count). The molecule has 1 aliphatic heterocycles. The fourth-order valence-corrected chi connectivity index (χ4v) is 8.73. The summed E-state index contributed by atoms with van der Waals surface area (Å²) >= 11 is 0. The van der Waals surface area contributed by atoms with Crippen molar-refractivity contribution in [3.63, 3.8) is 0 Å². The Kier molecular flexibility index (Phi) is 5.06. The Morgan fingerprint density at radius 1 is 1.12 bits per heavy atom. The maximum Gasteiger partial charge on any atom is 0.351 e. The zero-order chi connectivity index (χ0) is 23.8. The van der Waals surface area contributed by atoms with Crippen LogP contribution < -0.4 is 5.73 Å². The van der Waals surface area contributed by atoms with E-state index in [0.717, 1.165) is 44.9 Å². The summed E-state index contributed by atoms with van der Waals surface area (Å²) in [5.41, 5.74) is 4.57. The Morgan fingerprint density at radius 3 is 2.52 bits per heavy atom. The number of primary amides is 1. The SMILES string of the molecule is CCOC(=O)[C@]1(C(N)=O)O[C@@]12CC[C@H]1[C@@H]3CC=C4C[C@@H](OC(C)=O)CC[C@]4(C)[C@H]3CC[C@@]12C. The maximum absolute atomic E-state index is 12.9. The largest absolute Gasteiger partial charge is 0.463 e. The van der Waals surface area contributed by atoms with Crippen LogP contribution in [0, 0.1) is 28.6 Å². The van der Waals surface area contributed by atoms with Gasteiger partial charge < -0.3 is 19.9 Å². The monoisotopic (exact) mass is 459 g/mol. The van der Waals surface area contributed by atoms with Crippen LogP contribution in [0.1, 0.15) is 79.1 Å². The number of nitrogens with two attached hydrogens (primary N) is 1. The van der Waals surface area contributed by atoms with Gasteiger partial charge in [-0.15, -0.1) is 0 Å². The molecule has 7 heteroatoms. The molecule has 1 heterocycles. The molecule has 0 aromatic heterocycles. The van der Waals surface area contributed by atoms with Crippen molar-refractivity contribution in [1.29, 1.82) is 0 Å². The second-order valence-corrected chi connectivity index (χ2v) is 11.4. The molecule has 0 aromatic carbocycles. The predicted molar refractivity (Wildman–Crippen MR) is 120 cm³/mol. The number of hydrogen-bond donors (Lipinski definition) is 1. The van der Waals surface area contributed by atoms with Crippen LogP contribution in [0.25, 0.3) is 0 Å². The number of carbonyl (C=O) groups excluding carboxylic acids is 3. The highest BCUT2D eigenvalue weighted by molar-refractivity contribution is 6.10. The first-order chi connectivity index (χ1) is 15.6. The van der Waals surface area contributed by atoms with E-state index in [-0.39, 0.29) is 29.5 Å². The predicted octanol–water partition coefficient (Wildman–Crippen LogP) is 3.44. The van der Waals surface area contributed by atoms with E-state index in [1.54, 1.807) is 6.92 Å². The van der Waals surface area contributed by atoms with Gasteiger partial charge in [0.05, 0.1) is 6.61 Å². The number of hydrogen-bond acceptors (Lipinski definition) is 6. The molecule has 7 nitrogen and oxygen atoms in total. The van der Waals surface area contributed by atoms with Gasteiger partial charge in [-0.05, 0) is 75.0 Å². The number of rotatable bonds is 4. The molecule has 0 unspecified atom stereocenters. The summed E-state index contributed by atoms with van der Waals surface area (Å²) < 4.78 is 17.0. The summed E-state index contributed by atoms with van der Waals surface area (Å²) in [4.78, 5) is 36.9. The van der Waals surface area contributed by atoms with E-state index >= 15 is 0 Å². The summed E-state index contributed by atoms with van der Waals surface area (Å²) in [6.07, 6.45) is 9.68. The van der Waals surface area contributed by atoms with E-state index in [1.807, 2.05) is 0 Å². The normalized spacial score (nSPS) is 47.6. The molecule has 1 amide bonds. The molecule has 5 aliphatic rings. The summed E-state index contributed by atoms with van der Waals surface area (Å²) in [5, 5.41) is 0. The highest BCUT2D eigenvalue weighted by Crippen LogP contribution is 2.75. The number of carbonyl (C=O) groups is 3. The van der Waals surface area contributed by atoms with Crippen LogP contribution in [0.5, 0.6) is 0 Å². The van der Waals surface area contributed by atoms with Crippen LogP contribution in [0.4, 0.5) is 0 Å². The minimum Gasteiger partial charge on any atom is -0.463 e. The lowest BCUT2D eigenvalue weighted by Crippen LogP contribution is -2.56. The highest BCUT2D eigenvalue weighted by Gasteiger charge is 2.88. The molecule has 2 N–H and O–H groups in total. The smallest absolute Gasteiger partial charge is 0.351 e. The number of allylic oxidation sites excluding steroid dienone is 1. The topological polar surface area (TPSA) is 108 Å². The molecule has 3 saturated carbocycles. The third kappa shape index (κ3) is 2.80. The molecule has 0 bridgehead atoms. The van der Waals surface area contributed by atoms with Gasteiger partial charge in [-0.1, -0.05) is 25.5 Å². The fourth-order valence-electron chi connectivity index (χ4n) is 8.73. The van der Waals surface area contributed by atoms with Crippen molar-refractivity contribution in [2.75, 3.05) is 6.61 Å². The molecule has 182 valence electrons. The average Bonchev–Trinajstić information content (AvgIpc) is 3.36. The van der Waals surface area contributed by atoms with Crippen LogP contribution in [0.2, 0.25) is 0 Å². The minimum absolute atomic E-state index is 0.0115. The Hall–Kier alpha value is -1.89. The van der Waals surface area contributed by atoms with Gasteiger partial charge in [0.1, 0.15) is 11.7 Å². The molecular weight excluding hydrogens is 422 g/mol. The standard InChI is InChI=1S/C26H37NO6/c1-5-31-22(30)26(21(27)29)25(33-26)13-10-20-18-7-6-16-14-17(32-15(2)28)8-11-23(16,3)19(18)9-12-24(20,25)4/h6,17-20H,5,7-14H2,1-4H3,(H2,27,29)/t17-,18+,19-,20-,23-,24-,25+,26-/m0/s1. The van der Waals surface area contributed by atoms with Gasteiger partial charge in [-0.25, -0.2) is 4.79 Å². The highest BCUT2D eigenvalue weighted by atomic mass is 16.7. The third-order valence-corrected chi connectivity index (χ3v) is 10.3. The number of amides is 1. The molecule has 1 saturated heterocycles. The number of fused-ring (bicyclic) bond motifs is 6. The Labute approximate surface area is 195 Å². The van der Waals surface area contributed by atoms with E-state index in [0.29, 0.717) is 24.2 Å². The van der Waals surface area contributed by atoms with Gasteiger partial charge >= 0.3 is 11.9 Å². The Bertz CT molecular complexity index is 930. The molecule has 4 fully saturated rings. The van der Waals surface area contributed by atoms with Crippen molar-refractivity contribution in [1.82, 2.24) is 0 Å². The van der Waals surface area contributed by atoms with E-state index < -0.39 is 23.1 Å². The van der Waals surface area contributed by atoms with E-state index in [4.69, 9.17) is 19.9 Å². The van der Waals surface area contributed by atoms with Crippen molar-refractivity contribution in [3.05, 3.63) is 11.6 Å². The first-order valence-electron chi connectivity index (χ1n) is 12.6. The van der Waals surface area contributed by atoms with Crippen molar-refractivity contribution in [3.8, 4) is 0 Å². The quantitative estimate of drug-likeness (QED) is 0.299. The molecule has 33 heavy (non-hydrogen) atoms. The Balaban J connectivity index is 1.43. The van der Waals surface area contributed by atoms with E-state index in [9.17, 15) is 14.4 Å². The average molecular weight is 460 g/mol. The maximum atomic E-state index is 12.9. The summed E-state index contributed by atoms with van der Waals surface area (Å²) in [5.74, 6) is -0.138. The third-order valence-electron chi connectivity index (χ3n) is 10.3. The van der Waals surface area contributed by atoms with Crippen molar-refractivity contribution < 1.29 is 28.6 Å². The van der Waals surface area contributed by atoms with Crippen molar-refractivity contribution in [2.24, 2.45) is 34.3 Å². The van der Waals surface area contributed by atoms with Gasteiger partial charge in [-0.3, -0.25) is 9.59 Å². The number of esters is 2. The van der Waals surface area contributed by atoms with E-state index in [2.05, 4.69) is 19.9 Å². The fraction of sp³-hybridized carbons (Fsp3) is 0.808. The Morgan fingerprint density at radius 2 is 1.85 bits per heavy atom. The van der Waals surface area contributed by atoms with Crippen LogP contribution in [0.15, 0.2) is 11.6 Å². The second kappa shape index (κ2) is 7.30. The zero-order valence-corrected chi connectivity index (χ0v) is 20.3. The first kappa shape index (κ1) is 22.9. The molecule has 0 radical (unpaired) electrons. The summed E-state index contributed by atoms with van der Waals surface area (Å²) in [7, 11) is 0. The van der Waals surface area contributed by atoms with Crippen LogP contribution in [0.3, 0.4) is 0 Å². The van der Waals surface area contributed by atoms with Gasteiger partial charge in [0.2, 0.25) is 0 Å². The molecule has 8 atom stereocenters. The van der Waals surface area contributed by atoms with Crippen molar-refractivity contribution >= 4 is 17.8 Å². The van der Waals surface area contributed by atoms with Crippen LogP contribution in [-0.2, 0) is 28.6 Å². The van der Waals surface area contributed by atoms with Gasteiger partial charge in [-0.2, -0.15) is 0 Å². The van der Waals surface area contributed by atoms with Crippen LogP contribution in [-0.4, -0.2) is 41.8 Å². The van der Waals surface area contributed by atoms with Gasteiger partial charge in [0, 0.05) is 18.8 Å². The molecular formula is C26H37NO6. The number of epoxide rings is 1. The van der Waals surface area contributed by atoms with Crippen molar-refractivity contribution in [2.45, 2.75) is 96.4 Å². The van der Waals surface area contributed by atoms with Gasteiger partial charge in [0.15, 0.2) is 0 Å². The lowest BCUT2D eigenvalue weighted by molar-refractivity contribution is -0.153. The summed E-state index contributed by atoms with van der Waals surface area (Å²) in [6, 6.07) is 0. The van der Waals surface area contributed by atoms with Crippen LogP contribution >= 0.6 is 0 Å². The van der Waals surface area contributed by atoms with E-state index in [1.165, 1.54) is 12.5 Å². The molecule has 1 spiro atoms. The summed E-state index contributed by atoms with van der Waals surface area (Å²) in [6.45, 7) is 8.02. The number of ether oxygens (including phenoxy) is 3. The van der Waals surface area contributed by atoms with Gasteiger partial charge in [0.25, 0.3) is 11.5 Å². The molecule has 0 aromatic rings. The minimum atomic E-state index is -1.64. The molecule has 4 aliphatic carbocycles. The lowest BCUT2D eigenvalue weighted by Gasteiger charge is -2.57. The zero-order valence-electron chi connectivity index (χ0n) is 20.3. The second-order valence-electron chi connectivity index (χ2n) is 11.4. The first-order valence-corrected chi connectivity index (χ1v) is 12.6.